The summed E-state index contributed by atoms with van der Waals surface area (Å²) in [5.41, 5.74) is 2.58. The average molecular weight is 342 g/mol. The van der Waals surface area contributed by atoms with Crippen LogP contribution in [0.15, 0.2) is 24.4 Å². The molecule has 2 rings (SSSR count). The van der Waals surface area contributed by atoms with Gasteiger partial charge in [0.15, 0.2) is 17.4 Å². The topological polar surface area (TPSA) is 98.0 Å². The second-order valence-electron chi connectivity index (χ2n) is 4.66. The summed E-state index contributed by atoms with van der Waals surface area (Å²) in [4.78, 5) is 30.2. The Bertz CT molecular complexity index is 821. The highest BCUT2D eigenvalue weighted by molar-refractivity contribution is 6.08. The van der Waals surface area contributed by atoms with Crippen LogP contribution in [0.3, 0.4) is 0 Å². The number of amides is 1. The van der Waals surface area contributed by atoms with Crippen LogP contribution in [-0.2, 0) is 6.18 Å². The van der Waals surface area contributed by atoms with Gasteiger partial charge in [-0.3, -0.25) is 9.59 Å². The van der Waals surface area contributed by atoms with Gasteiger partial charge in [-0.1, -0.05) is 6.07 Å². The van der Waals surface area contributed by atoms with Crippen LogP contribution in [0, 0.1) is 5.82 Å². The monoisotopic (exact) mass is 342 g/mol. The zero-order valence-corrected chi connectivity index (χ0v) is 12.1. The summed E-state index contributed by atoms with van der Waals surface area (Å²) in [6.45, 7) is 1.04. The van der Waals surface area contributed by atoms with E-state index < -0.39 is 46.5 Å². The first-order chi connectivity index (χ1) is 11.1. The van der Waals surface area contributed by atoms with Crippen molar-refractivity contribution in [3.05, 3.63) is 47.2 Å². The first-order valence-electron chi connectivity index (χ1n) is 6.41. The molecule has 0 atom stereocenters. The molecule has 2 aromatic heterocycles. The minimum atomic E-state index is -4.73. The lowest BCUT2D eigenvalue weighted by molar-refractivity contribution is -0.141. The van der Waals surface area contributed by atoms with Gasteiger partial charge < -0.3 is 11.1 Å². The summed E-state index contributed by atoms with van der Waals surface area (Å²) in [5, 5.41) is 2.11. The van der Waals surface area contributed by atoms with Crippen molar-refractivity contribution in [1.82, 2.24) is 9.97 Å². The number of aromatic nitrogens is 2. The maximum atomic E-state index is 13.9. The summed E-state index contributed by atoms with van der Waals surface area (Å²) < 4.78 is 51.7. The van der Waals surface area contributed by atoms with Crippen molar-refractivity contribution >= 4 is 23.2 Å². The van der Waals surface area contributed by atoms with Crippen molar-refractivity contribution in [3.63, 3.8) is 0 Å². The number of anilines is 2. The fourth-order valence-electron chi connectivity index (χ4n) is 1.85. The van der Waals surface area contributed by atoms with Crippen molar-refractivity contribution in [2.45, 2.75) is 13.1 Å². The van der Waals surface area contributed by atoms with Crippen LogP contribution in [0.1, 0.15) is 33.5 Å². The summed E-state index contributed by atoms with van der Waals surface area (Å²) in [6.07, 6.45) is -3.80. The average Bonchev–Trinajstić information content (AvgIpc) is 2.50. The number of nitrogen functional groups attached to an aromatic ring is 1. The number of halogens is 4. The van der Waals surface area contributed by atoms with E-state index in [1.54, 1.807) is 0 Å². The van der Waals surface area contributed by atoms with E-state index in [2.05, 4.69) is 15.3 Å². The molecular weight excluding hydrogens is 332 g/mol. The number of ketones is 1. The van der Waals surface area contributed by atoms with E-state index in [0.29, 0.717) is 6.07 Å². The molecule has 6 nitrogen and oxygen atoms in total. The Hall–Kier alpha value is -3.04. The molecular formula is C14H10F4N4O2. The Labute approximate surface area is 132 Å². The van der Waals surface area contributed by atoms with E-state index in [1.165, 1.54) is 0 Å². The Morgan fingerprint density at radius 2 is 1.92 bits per heavy atom. The fraction of sp³-hybridized carbons (Fsp3) is 0.143. The van der Waals surface area contributed by atoms with E-state index in [4.69, 9.17) is 5.73 Å². The minimum Gasteiger partial charge on any atom is -0.381 e. The maximum Gasteiger partial charge on any atom is 0.433 e. The number of alkyl halides is 3. The van der Waals surface area contributed by atoms with Crippen LogP contribution in [0.4, 0.5) is 29.1 Å². The molecule has 0 unspecified atom stereocenters. The number of nitrogens with zero attached hydrogens (tertiary/aromatic N) is 2. The number of Topliss-reactive ketones (excluding diaryl/α,β-unsaturated/α-hetero) is 1. The molecule has 1 amide bonds. The van der Waals surface area contributed by atoms with Gasteiger partial charge in [-0.25, -0.2) is 14.4 Å². The maximum absolute atomic E-state index is 13.9. The van der Waals surface area contributed by atoms with Crippen LogP contribution < -0.4 is 11.1 Å². The van der Waals surface area contributed by atoms with Crippen LogP contribution in [-0.4, -0.2) is 21.7 Å². The van der Waals surface area contributed by atoms with Gasteiger partial charge in [-0.2, -0.15) is 13.2 Å². The highest BCUT2D eigenvalue weighted by Gasteiger charge is 2.33. The largest absolute Gasteiger partial charge is 0.433 e. The summed E-state index contributed by atoms with van der Waals surface area (Å²) >= 11 is 0. The van der Waals surface area contributed by atoms with E-state index >= 15 is 0 Å². The quantitative estimate of drug-likeness (QED) is 0.660. The predicted molar refractivity (Wildman–Crippen MR) is 75.8 cm³/mol. The zero-order chi connectivity index (χ0) is 18.1. The first kappa shape index (κ1) is 17.3. The second-order valence-corrected chi connectivity index (χ2v) is 4.66. The van der Waals surface area contributed by atoms with Gasteiger partial charge >= 0.3 is 6.18 Å². The second kappa shape index (κ2) is 6.22. The van der Waals surface area contributed by atoms with Gasteiger partial charge in [0.1, 0.15) is 11.4 Å². The minimum absolute atomic E-state index is 0.321. The Kier molecular flexibility index (Phi) is 4.49. The highest BCUT2D eigenvalue weighted by Crippen LogP contribution is 2.28. The van der Waals surface area contributed by atoms with Gasteiger partial charge in [-0.15, -0.1) is 0 Å². The van der Waals surface area contributed by atoms with Crippen LogP contribution in [0.2, 0.25) is 0 Å². The standard InChI is InChI=1S/C14H10F4N4O2/c1-6(23)10-8(5-20-12(19)11(10)15)22-13(24)7-3-2-4-9(21-7)14(16,17)18/h2-5H,1H3,(H2,19,20)(H,22,24). The lowest BCUT2D eigenvalue weighted by Crippen LogP contribution is -2.19. The molecule has 2 heterocycles. The number of nitrogens with one attached hydrogen (secondary N) is 1. The zero-order valence-electron chi connectivity index (χ0n) is 12.1. The van der Waals surface area contributed by atoms with Crippen molar-refractivity contribution in [2.75, 3.05) is 11.1 Å². The van der Waals surface area contributed by atoms with E-state index in [1.807, 2.05) is 0 Å². The van der Waals surface area contributed by atoms with E-state index in [9.17, 15) is 27.2 Å². The molecule has 0 saturated carbocycles. The van der Waals surface area contributed by atoms with Crippen molar-refractivity contribution in [1.29, 1.82) is 0 Å². The lowest BCUT2D eigenvalue weighted by atomic mass is 10.1. The molecule has 0 radical (unpaired) electrons. The number of hydrogen-bond acceptors (Lipinski definition) is 5. The van der Waals surface area contributed by atoms with Crippen molar-refractivity contribution in [3.8, 4) is 0 Å². The van der Waals surface area contributed by atoms with Crippen LogP contribution >= 0.6 is 0 Å². The molecule has 3 N–H and O–H groups in total. The molecule has 10 heteroatoms. The van der Waals surface area contributed by atoms with Crippen LogP contribution in [0.25, 0.3) is 0 Å². The van der Waals surface area contributed by atoms with Gasteiger partial charge in [0.2, 0.25) is 0 Å². The van der Waals surface area contributed by atoms with Crippen molar-refractivity contribution < 1.29 is 27.2 Å². The molecule has 126 valence electrons. The third-order valence-electron chi connectivity index (χ3n) is 2.92. The molecule has 24 heavy (non-hydrogen) atoms. The Morgan fingerprint density at radius 1 is 1.25 bits per heavy atom. The molecule has 0 aliphatic carbocycles. The summed E-state index contributed by atoms with van der Waals surface area (Å²) in [6, 6.07) is 2.74. The number of nitrogens with two attached hydrogens (primary N) is 1. The molecule has 2 aromatic rings. The van der Waals surface area contributed by atoms with E-state index in [0.717, 1.165) is 25.3 Å². The third-order valence-corrected chi connectivity index (χ3v) is 2.92. The lowest BCUT2D eigenvalue weighted by Gasteiger charge is -2.11. The number of rotatable bonds is 3. The molecule has 0 fully saturated rings. The number of carbonyl (C=O) groups excluding carboxylic acids is 2. The fourth-order valence-corrected chi connectivity index (χ4v) is 1.85. The number of carbonyl (C=O) groups is 2. The van der Waals surface area contributed by atoms with E-state index in [-0.39, 0.29) is 5.69 Å². The summed E-state index contributed by atoms with van der Waals surface area (Å²) in [5.74, 6) is -3.48. The SMILES string of the molecule is CC(=O)c1c(NC(=O)c2cccc(C(F)(F)F)n2)cnc(N)c1F. The molecule has 0 aromatic carbocycles. The normalized spacial score (nSPS) is 11.2. The van der Waals surface area contributed by atoms with Gasteiger partial charge in [0, 0.05) is 0 Å². The van der Waals surface area contributed by atoms with Crippen LogP contribution in [0.5, 0.6) is 0 Å². The number of pyridine rings is 2. The number of hydrogen-bond donors (Lipinski definition) is 2. The summed E-state index contributed by atoms with van der Waals surface area (Å²) in [7, 11) is 0. The van der Waals surface area contributed by atoms with Crippen molar-refractivity contribution in [2.24, 2.45) is 0 Å². The molecule has 0 aliphatic rings. The molecule has 0 spiro atoms. The predicted octanol–water partition coefficient (Wildman–Crippen LogP) is 2.67. The van der Waals surface area contributed by atoms with Gasteiger partial charge in [0.25, 0.3) is 5.91 Å². The van der Waals surface area contributed by atoms with Gasteiger partial charge in [-0.05, 0) is 19.1 Å². The van der Waals surface area contributed by atoms with Gasteiger partial charge in [0.05, 0.1) is 17.4 Å². The highest BCUT2D eigenvalue weighted by atomic mass is 19.4. The molecule has 0 saturated heterocycles. The Balaban J connectivity index is 2.38. The Morgan fingerprint density at radius 3 is 2.50 bits per heavy atom. The smallest absolute Gasteiger partial charge is 0.381 e. The first-order valence-corrected chi connectivity index (χ1v) is 6.41. The molecule has 0 bridgehead atoms. The molecule has 0 aliphatic heterocycles. The third kappa shape index (κ3) is 3.47.